The third-order valence-corrected chi connectivity index (χ3v) is 29.6. The summed E-state index contributed by atoms with van der Waals surface area (Å²) < 4.78 is 0. The smallest absolute Gasteiger partial charge is 0.324 e. The first-order valence-electron chi connectivity index (χ1n) is 47.2. The number of hydrogen-bond acceptors (Lipinski definition) is 7. The molecule has 0 aliphatic carbocycles. The first-order valence-corrected chi connectivity index (χ1v) is 52.4. The number of rotatable bonds is 12. The second-order valence-corrected chi connectivity index (χ2v) is 58.8. The highest BCUT2D eigenvalue weighted by atomic mass is 31.2. The van der Waals surface area contributed by atoms with Crippen molar-refractivity contribution in [3.8, 4) is 0 Å². The summed E-state index contributed by atoms with van der Waals surface area (Å²) in [6.45, 7) is 110. The molecule has 0 spiro atoms. The molecule has 0 atom stereocenters. The SMILES string of the molecule is CC(C)(C)c1ccc(Pc2ccc(C(C)(C)C)cc2C(C)(C)C)c(C(C)(C)C)c1.CC(C)(C)c1ccc(Pc2ccc(C(C)(C)C)cc2C(C)(C)C)c(C(C)(C)C)c1.CC(C)(C)c1ccc(Pc2ccc(C(C)(C)C)cc2C(C)(C)C)c(C(C)(C)C)c1.CC(C)(C)c1ccc(Pc2ccc(C(C)(C)C)cc2C(C)(C)C)c(C(C)(C)C)c1.OCC(CO)(CO)CO.OP(O)O. The van der Waals surface area contributed by atoms with Gasteiger partial charge in [-0.3, -0.25) is 0 Å². The fourth-order valence-electron chi connectivity index (χ4n) is 14.8. The van der Waals surface area contributed by atoms with Gasteiger partial charge in [0.05, 0.1) is 31.8 Å². The fourth-order valence-corrected chi connectivity index (χ4v) is 22.0. The minimum absolute atomic E-state index is 0.136. The van der Waals surface area contributed by atoms with Gasteiger partial charge in [0.15, 0.2) is 0 Å². The summed E-state index contributed by atoms with van der Waals surface area (Å²) in [6, 6.07) is 57.6. The van der Waals surface area contributed by atoms with E-state index in [1.165, 1.54) is 131 Å². The second-order valence-electron chi connectivity index (χ2n) is 53.0. The average Bonchev–Trinajstić information content (AvgIpc) is 0.787. The summed E-state index contributed by atoms with van der Waals surface area (Å²) >= 11 is 0. The van der Waals surface area contributed by atoms with Gasteiger partial charge in [-0.1, -0.05) is 512 Å². The van der Waals surface area contributed by atoms with E-state index >= 15 is 0 Å². The lowest BCUT2D eigenvalue weighted by atomic mass is 9.80. The Morgan fingerprint density at radius 3 is 0.302 bits per heavy atom. The summed E-state index contributed by atoms with van der Waals surface area (Å²) in [5.74, 6) is 0. The highest BCUT2D eigenvalue weighted by Crippen LogP contribution is 2.42. The first kappa shape index (κ1) is 119. The zero-order valence-corrected chi connectivity index (χ0v) is 95.7. The lowest BCUT2D eigenvalue weighted by Crippen LogP contribution is -2.37. The van der Waals surface area contributed by atoms with E-state index < -0.39 is 40.4 Å². The van der Waals surface area contributed by atoms with E-state index in [0.717, 1.165) is 0 Å². The summed E-state index contributed by atoms with van der Waals surface area (Å²) in [6.07, 6.45) is 0. The Labute approximate surface area is 800 Å². The van der Waals surface area contributed by atoms with Crippen LogP contribution in [0.3, 0.4) is 0 Å². The summed E-state index contributed by atoms with van der Waals surface area (Å²) in [5, 5.41) is 45.9. The molecule has 7 nitrogen and oxygen atoms in total. The fraction of sp³-hybridized carbons (Fsp3) is 0.590. The average molecular weight is 1860 g/mol. The van der Waals surface area contributed by atoms with Crippen LogP contribution in [0.15, 0.2) is 146 Å². The molecule has 0 fully saturated rings. The monoisotopic (exact) mass is 1860 g/mol. The van der Waals surface area contributed by atoms with Crippen LogP contribution in [0.25, 0.3) is 0 Å². The Morgan fingerprint density at radius 1 is 0.163 bits per heavy atom. The molecular formula is C117H187O7P5. The van der Waals surface area contributed by atoms with E-state index in [9.17, 15) is 0 Å². The van der Waals surface area contributed by atoms with Crippen LogP contribution in [-0.4, -0.2) is 61.5 Å². The largest absolute Gasteiger partial charge is 0.396 e. The lowest BCUT2D eigenvalue weighted by molar-refractivity contribution is -0.0328. The van der Waals surface area contributed by atoms with Gasteiger partial charge in [0.2, 0.25) is 0 Å². The molecule has 0 aliphatic heterocycles. The molecule has 12 heteroatoms. The van der Waals surface area contributed by atoms with Gasteiger partial charge < -0.3 is 35.1 Å². The Morgan fingerprint density at radius 2 is 0.248 bits per heavy atom. The second kappa shape index (κ2) is 44.4. The zero-order chi connectivity index (χ0) is 101. The van der Waals surface area contributed by atoms with Crippen molar-refractivity contribution >= 4 is 85.4 Å². The van der Waals surface area contributed by atoms with E-state index in [0.29, 0.717) is 34.3 Å². The zero-order valence-electron chi connectivity index (χ0n) is 90.8. The minimum atomic E-state index is -2.62. The van der Waals surface area contributed by atoms with Crippen LogP contribution < -0.4 is 42.4 Å². The molecular weight excluding hydrogens is 1670 g/mol. The quantitative estimate of drug-likeness (QED) is 0.0604. The van der Waals surface area contributed by atoms with Crippen molar-refractivity contribution in [3.63, 3.8) is 0 Å². The molecule has 0 radical (unpaired) electrons. The van der Waals surface area contributed by atoms with E-state index in [1.807, 2.05) is 0 Å². The van der Waals surface area contributed by atoms with Crippen molar-refractivity contribution in [2.24, 2.45) is 5.41 Å². The van der Waals surface area contributed by atoms with Crippen molar-refractivity contribution in [2.45, 2.75) is 419 Å². The molecule has 0 bridgehead atoms. The summed E-state index contributed by atoms with van der Waals surface area (Å²) in [7, 11) is 0.104. The number of aliphatic hydroxyl groups is 4. The van der Waals surface area contributed by atoms with Crippen LogP contribution in [0.4, 0.5) is 0 Å². The predicted molar refractivity (Wildman–Crippen MR) is 585 cm³/mol. The highest BCUT2D eigenvalue weighted by Gasteiger charge is 2.34. The van der Waals surface area contributed by atoms with Gasteiger partial charge in [0.1, 0.15) is 0 Å². The number of benzene rings is 8. The van der Waals surface area contributed by atoms with Gasteiger partial charge >= 0.3 is 8.60 Å². The van der Waals surface area contributed by atoms with Crippen molar-refractivity contribution in [3.05, 3.63) is 235 Å². The van der Waals surface area contributed by atoms with Gasteiger partial charge in [0, 0.05) is 0 Å². The predicted octanol–water partition coefficient (Wildman–Crippen LogP) is 27.2. The van der Waals surface area contributed by atoms with Crippen molar-refractivity contribution in [1.29, 1.82) is 0 Å². The molecule has 8 aromatic rings. The molecule has 0 amide bonds. The van der Waals surface area contributed by atoms with Gasteiger partial charge in [-0.2, -0.15) is 0 Å². The molecule has 0 saturated carbocycles. The van der Waals surface area contributed by atoms with Crippen LogP contribution in [0.1, 0.15) is 421 Å². The van der Waals surface area contributed by atoms with Gasteiger partial charge in [-0.05, 0) is 218 Å². The topological polar surface area (TPSA) is 142 Å². The van der Waals surface area contributed by atoms with Gasteiger partial charge in [-0.15, -0.1) is 0 Å². The van der Waals surface area contributed by atoms with Crippen molar-refractivity contribution in [2.75, 3.05) is 26.4 Å². The maximum Gasteiger partial charge on any atom is 0.324 e. The van der Waals surface area contributed by atoms with Gasteiger partial charge in [-0.25, -0.2) is 0 Å². The van der Waals surface area contributed by atoms with Gasteiger partial charge in [0.25, 0.3) is 0 Å². The molecule has 0 heterocycles. The number of aliphatic hydroxyl groups excluding tert-OH is 4. The molecule has 0 saturated heterocycles. The normalized spacial score (nSPS) is 13.4. The van der Waals surface area contributed by atoms with Crippen LogP contribution in [0.5, 0.6) is 0 Å². The maximum atomic E-state index is 8.50. The third-order valence-electron chi connectivity index (χ3n) is 24.0. The molecule has 722 valence electrons. The maximum absolute atomic E-state index is 8.50. The van der Waals surface area contributed by atoms with Crippen LogP contribution >= 0.6 is 42.9 Å². The van der Waals surface area contributed by atoms with E-state index in [-0.39, 0.29) is 86.6 Å². The van der Waals surface area contributed by atoms with Crippen LogP contribution in [-0.2, 0) is 86.6 Å². The third kappa shape index (κ3) is 36.6. The van der Waals surface area contributed by atoms with Crippen molar-refractivity contribution < 1.29 is 35.1 Å². The highest BCUT2D eigenvalue weighted by molar-refractivity contribution is 7.56. The molecule has 8 rings (SSSR count). The Kier molecular flexibility index (Phi) is 40.9. The summed E-state index contributed by atoms with van der Waals surface area (Å²) in [4.78, 5) is 21.7. The van der Waals surface area contributed by atoms with Crippen LogP contribution in [0.2, 0.25) is 0 Å². The first-order chi connectivity index (χ1) is 57.6. The van der Waals surface area contributed by atoms with Crippen molar-refractivity contribution in [1.82, 2.24) is 0 Å². The van der Waals surface area contributed by atoms with E-state index in [4.69, 9.17) is 35.1 Å². The van der Waals surface area contributed by atoms with E-state index in [2.05, 4.69) is 478 Å². The standard InChI is InChI=1S/4C28H43P.C5H12O4.H3O3P/c4*1-25(2,3)19-13-15-23(21(17-19)27(7,8)9)29-24-16-14-20(26(4,5)6)18-22(24)28(10,11)12;6-1-5(2-7,3-8)4-9;1-4(2)3/h4*13-18,29H,1-12H3;6-9H,1-4H2;1-3H. The van der Waals surface area contributed by atoms with Crippen LogP contribution in [0, 0.1) is 5.41 Å². The Bertz CT molecular complexity index is 4010. The number of hydrogen-bond donors (Lipinski definition) is 7. The minimum Gasteiger partial charge on any atom is -0.396 e. The molecule has 0 aliphatic rings. The lowest BCUT2D eigenvalue weighted by Gasteiger charge is -2.30. The molecule has 0 aromatic heterocycles. The molecule has 0 unspecified atom stereocenters. The Hall–Kier alpha value is -4.37. The molecule has 7 N–H and O–H groups in total. The molecule has 129 heavy (non-hydrogen) atoms. The molecule has 8 aromatic carbocycles. The van der Waals surface area contributed by atoms with E-state index in [1.54, 1.807) is 0 Å². The Balaban J connectivity index is 0.000000423. The summed E-state index contributed by atoms with van der Waals surface area (Å²) in [5.41, 5.74) is 24.7.